The molecule has 3 aromatic heterocycles. The number of nitriles is 1. The van der Waals surface area contributed by atoms with E-state index >= 15 is 0 Å². The molecule has 1 aliphatic heterocycles. The van der Waals surface area contributed by atoms with E-state index in [1.807, 2.05) is 0 Å². The van der Waals surface area contributed by atoms with Crippen LogP contribution in [-0.2, 0) is 9.59 Å². The lowest BCUT2D eigenvalue weighted by Crippen LogP contribution is -2.38. The number of Topliss-reactive ketones (excluding diaryl/α,β-unsaturated/α-hetero) is 1. The third-order valence-corrected chi connectivity index (χ3v) is 8.03. The first-order chi connectivity index (χ1) is 17.5. The zero-order chi connectivity index (χ0) is 25.2. The number of thioether (sulfide) groups is 1. The zero-order valence-corrected chi connectivity index (χ0v) is 21.0. The topological polar surface area (TPSA) is 151 Å². The van der Waals surface area contributed by atoms with Crippen LogP contribution < -0.4 is 16.0 Å². The molecule has 1 aliphatic carbocycles. The van der Waals surface area contributed by atoms with Gasteiger partial charge in [-0.15, -0.1) is 10.2 Å². The minimum Gasteiger partial charge on any atom is -0.468 e. The van der Waals surface area contributed by atoms with E-state index in [0.717, 1.165) is 0 Å². The van der Waals surface area contributed by atoms with Crippen LogP contribution in [-0.4, -0.2) is 32.6 Å². The minimum absolute atomic E-state index is 0.0484. The summed E-state index contributed by atoms with van der Waals surface area (Å²) in [6.45, 7) is 0. The van der Waals surface area contributed by atoms with Crippen molar-refractivity contribution in [3.8, 4) is 6.07 Å². The fourth-order valence-corrected chi connectivity index (χ4v) is 6.04. The average molecular weight is 540 g/mol. The number of nitrogens with zero attached hydrogens (tertiary/aromatic N) is 5. The van der Waals surface area contributed by atoms with Crippen LogP contribution in [0.3, 0.4) is 0 Å². The SMILES string of the molecule is N#CC1=C(N)N(c2nnc(SCC(=O)Nc3cccnc3Cl)s2)C2=C(C(=O)CCC2)C1c1ccco1. The van der Waals surface area contributed by atoms with Gasteiger partial charge in [0.15, 0.2) is 15.3 Å². The third-order valence-electron chi connectivity index (χ3n) is 5.69. The number of halogens is 1. The lowest BCUT2D eigenvalue weighted by molar-refractivity contribution is -0.116. The summed E-state index contributed by atoms with van der Waals surface area (Å²) < 4.78 is 6.10. The lowest BCUT2D eigenvalue weighted by atomic mass is 9.78. The highest BCUT2D eigenvalue weighted by atomic mass is 35.5. The Labute approximate surface area is 218 Å². The second kappa shape index (κ2) is 10.1. The molecule has 0 saturated heterocycles. The summed E-state index contributed by atoms with van der Waals surface area (Å²) in [7, 11) is 0. The van der Waals surface area contributed by atoms with Gasteiger partial charge in [0.05, 0.1) is 35.3 Å². The number of aromatic nitrogens is 3. The molecule has 4 heterocycles. The monoisotopic (exact) mass is 539 g/mol. The number of rotatable bonds is 6. The van der Waals surface area contributed by atoms with Crippen LogP contribution in [0.4, 0.5) is 10.8 Å². The summed E-state index contributed by atoms with van der Waals surface area (Å²) in [5.74, 6) is -0.239. The predicted molar refractivity (Wildman–Crippen MR) is 135 cm³/mol. The Bertz CT molecular complexity index is 1440. The van der Waals surface area contributed by atoms with Gasteiger partial charge >= 0.3 is 0 Å². The van der Waals surface area contributed by atoms with Gasteiger partial charge in [0.25, 0.3) is 0 Å². The van der Waals surface area contributed by atoms with Gasteiger partial charge < -0.3 is 15.5 Å². The van der Waals surface area contributed by atoms with Crippen molar-refractivity contribution in [3.05, 3.63) is 70.3 Å². The van der Waals surface area contributed by atoms with Gasteiger partial charge in [-0.1, -0.05) is 34.7 Å². The molecule has 36 heavy (non-hydrogen) atoms. The largest absolute Gasteiger partial charge is 0.468 e. The normalized spacial score (nSPS) is 17.7. The number of ketones is 1. The Balaban J connectivity index is 1.40. The van der Waals surface area contributed by atoms with Crippen LogP contribution in [0.15, 0.2) is 68.1 Å². The summed E-state index contributed by atoms with van der Waals surface area (Å²) in [5.41, 5.74) is 8.33. The highest BCUT2D eigenvalue weighted by Gasteiger charge is 2.42. The third kappa shape index (κ3) is 4.48. The summed E-state index contributed by atoms with van der Waals surface area (Å²) in [6.07, 6.45) is 4.67. The van der Waals surface area contributed by atoms with Crippen LogP contribution >= 0.6 is 34.7 Å². The quantitative estimate of drug-likeness (QED) is 0.344. The van der Waals surface area contributed by atoms with Crippen LogP contribution in [0.1, 0.15) is 30.9 Å². The van der Waals surface area contributed by atoms with Crippen molar-refractivity contribution in [1.82, 2.24) is 15.2 Å². The number of anilines is 2. The first-order valence-corrected chi connectivity index (χ1v) is 13.0. The maximum absolute atomic E-state index is 13.0. The maximum atomic E-state index is 13.0. The molecule has 1 unspecified atom stereocenters. The van der Waals surface area contributed by atoms with Crippen LogP contribution in [0, 0.1) is 11.3 Å². The molecule has 1 atom stereocenters. The second-order valence-corrected chi connectivity index (χ2v) is 10.4. The Hall–Kier alpha value is -3.66. The molecule has 3 N–H and O–H groups in total. The number of carbonyl (C=O) groups is 2. The highest BCUT2D eigenvalue weighted by Crippen LogP contribution is 2.47. The summed E-state index contributed by atoms with van der Waals surface area (Å²) in [5, 5.41) is 21.7. The van der Waals surface area contributed by atoms with Gasteiger partial charge in [0.1, 0.15) is 11.6 Å². The van der Waals surface area contributed by atoms with Crippen molar-refractivity contribution < 1.29 is 14.0 Å². The van der Waals surface area contributed by atoms with Gasteiger partial charge in [-0.2, -0.15) is 5.26 Å². The van der Waals surface area contributed by atoms with Crippen molar-refractivity contribution in [2.24, 2.45) is 5.73 Å². The van der Waals surface area contributed by atoms with E-state index in [2.05, 4.69) is 26.6 Å². The molecule has 3 aromatic rings. The molecule has 0 spiro atoms. The molecule has 5 rings (SSSR count). The Morgan fingerprint density at radius 2 is 2.22 bits per heavy atom. The molecule has 2 aliphatic rings. The Morgan fingerprint density at radius 3 is 2.97 bits per heavy atom. The second-order valence-electron chi connectivity index (χ2n) is 7.86. The Kier molecular flexibility index (Phi) is 6.77. The van der Waals surface area contributed by atoms with E-state index < -0.39 is 5.92 Å². The number of furan rings is 1. The molecule has 0 aromatic carbocycles. The van der Waals surface area contributed by atoms with Gasteiger partial charge in [0.2, 0.25) is 11.0 Å². The molecular weight excluding hydrogens is 522 g/mol. The van der Waals surface area contributed by atoms with Crippen molar-refractivity contribution in [3.63, 3.8) is 0 Å². The van der Waals surface area contributed by atoms with Crippen LogP contribution in [0.2, 0.25) is 5.15 Å². The highest BCUT2D eigenvalue weighted by molar-refractivity contribution is 8.01. The van der Waals surface area contributed by atoms with Gasteiger partial charge in [-0.05, 0) is 37.1 Å². The summed E-state index contributed by atoms with van der Waals surface area (Å²) >= 11 is 8.41. The van der Waals surface area contributed by atoms with Crippen molar-refractivity contribution in [2.75, 3.05) is 16.0 Å². The number of amides is 1. The van der Waals surface area contributed by atoms with Crippen LogP contribution in [0.5, 0.6) is 0 Å². The van der Waals surface area contributed by atoms with Crippen molar-refractivity contribution in [2.45, 2.75) is 29.5 Å². The van der Waals surface area contributed by atoms with Gasteiger partial charge in [-0.25, -0.2) is 4.98 Å². The molecule has 13 heteroatoms. The van der Waals surface area contributed by atoms with E-state index in [9.17, 15) is 14.9 Å². The number of nitrogens with one attached hydrogen (secondary N) is 1. The van der Waals surface area contributed by atoms with E-state index in [-0.39, 0.29) is 34.0 Å². The lowest BCUT2D eigenvalue weighted by Gasteiger charge is -2.37. The summed E-state index contributed by atoms with van der Waals surface area (Å²) in [4.78, 5) is 31.0. The molecular formula is C23H18ClN7O3S2. The number of allylic oxidation sites excluding steroid dienone is 3. The fourth-order valence-electron chi connectivity index (χ4n) is 4.19. The van der Waals surface area contributed by atoms with Gasteiger partial charge in [0, 0.05) is 23.9 Å². The predicted octanol–water partition coefficient (Wildman–Crippen LogP) is 4.22. The first kappa shape index (κ1) is 24.1. The zero-order valence-electron chi connectivity index (χ0n) is 18.6. The number of pyridine rings is 1. The van der Waals surface area contributed by atoms with E-state index in [1.54, 1.807) is 29.2 Å². The van der Waals surface area contributed by atoms with E-state index in [1.165, 1.54) is 35.6 Å². The number of nitrogens with two attached hydrogens (primary N) is 1. The van der Waals surface area contributed by atoms with Gasteiger partial charge in [-0.3, -0.25) is 14.5 Å². The fraction of sp³-hybridized carbons (Fsp3) is 0.217. The van der Waals surface area contributed by atoms with E-state index in [0.29, 0.717) is 51.5 Å². The molecule has 0 fully saturated rings. The summed E-state index contributed by atoms with van der Waals surface area (Å²) in [6, 6.07) is 8.95. The molecule has 10 nitrogen and oxygen atoms in total. The Morgan fingerprint density at radius 1 is 1.36 bits per heavy atom. The molecule has 1 amide bonds. The first-order valence-electron chi connectivity index (χ1n) is 10.8. The number of hydrogen-bond donors (Lipinski definition) is 2. The molecule has 0 saturated carbocycles. The van der Waals surface area contributed by atoms with Crippen molar-refractivity contribution in [1.29, 1.82) is 5.26 Å². The van der Waals surface area contributed by atoms with Crippen LogP contribution in [0.25, 0.3) is 0 Å². The molecule has 0 bridgehead atoms. The number of carbonyl (C=O) groups excluding carboxylic acids is 2. The number of hydrogen-bond acceptors (Lipinski definition) is 11. The maximum Gasteiger partial charge on any atom is 0.234 e. The smallest absolute Gasteiger partial charge is 0.234 e. The van der Waals surface area contributed by atoms with Crippen molar-refractivity contribution >= 4 is 57.2 Å². The average Bonchev–Trinajstić information content (AvgIpc) is 3.56. The van der Waals surface area contributed by atoms with E-state index in [4.69, 9.17) is 21.8 Å². The standard InChI is InChI=1S/C23H18ClN7O3S2/c24-20-13(4-2-8-27-20)28-17(33)11-35-23-30-29-22(36-23)31-14-5-1-6-15(32)19(14)18(12(10-25)21(31)26)16-7-3-9-34-16/h2-4,7-9,18H,1,5-6,11,26H2,(H,28,33). The molecule has 182 valence electrons. The minimum atomic E-state index is -0.659. The molecule has 0 radical (unpaired) electrons.